The lowest BCUT2D eigenvalue weighted by atomic mass is 9.93. The van der Waals surface area contributed by atoms with E-state index >= 15 is 0 Å². The lowest BCUT2D eigenvalue weighted by Crippen LogP contribution is -2.04. The zero-order valence-corrected chi connectivity index (χ0v) is 27.2. The molecule has 1 aliphatic rings. The number of nitrogens with zero attached hydrogens (tertiary/aromatic N) is 5. The highest BCUT2D eigenvalue weighted by molar-refractivity contribution is 6.18. The Balaban J connectivity index is 1.21. The summed E-state index contributed by atoms with van der Waals surface area (Å²) >= 11 is 0. The molecule has 5 nitrogen and oxygen atoms in total. The van der Waals surface area contributed by atoms with Crippen LogP contribution in [0.3, 0.4) is 0 Å². The fraction of sp³-hybridized carbons (Fsp3) is 0.0444. The van der Waals surface area contributed by atoms with Crippen LogP contribution in [0.15, 0.2) is 164 Å². The van der Waals surface area contributed by atoms with Crippen molar-refractivity contribution in [1.82, 2.24) is 24.1 Å². The molecule has 10 rings (SSSR count). The minimum absolute atomic E-state index is 0.593. The van der Waals surface area contributed by atoms with Gasteiger partial charge in [0.15, 0.2) is 5.82 Å². The zero-order valence-electron chi connectivity index (χ0n) is 27.2. The van der Waals surface area contributed by atoms with Crippen LogP contribution in [0.25, 0.3) is 83.3 Å². The van der Waals surface area contributed by atoms with Crippen molar-refractivity contribution in [3.63, 3.8) is 0 Å². The molecule has 1 aliphatic carbocycles. The summed E-state index contributed by atoms with van der Waals surface area (Å²) in [6.07, 6.45) is 10.6. The number of aromatic nitrogens is 5. The van der Waals surface area contributed by atoms with E-state index < -0.39 is 0 Å². The Bertz CT molecular complexity index is 2800. The molecule has 0 fully saturated rings. The van der Waals surface area contributed by atoms with Gasteiger partial charge in [0.25, 0.3) is 0 Å². The monoisotopic (exact) mass is 641 g/mol. The summed E-state index contributed by atoms with van der Waals surface area (Å²) in [5, 5.41) is 4.70. The molecular formula is C45H31N5. The lowest BCUT2D eigenvalue weighted by Gasteiger charge is -2.13. The van der Waals surface area contributed by atoms with Gasteiger partial charge in [0.2, 0.25) is 5.95 Å². The molecule has 0 saturated heterocycles. The van der Waals surface area contributed by atoms with Crippen LogP contribution in [0, 0.1) is 0 Å². The van der Waals surface area contributed by atoms with Gasteiger partial charge < -0.3 is 4.57 Å². The molecule has 6 aromatic carbocycles. The first-order chi connectivity index (χ1) is 24.8. The lowest BCUT2D eigenvalue weighted by molar-refractivity contribution is 0.947. The summed E-state index contributed by atoms with van der Waals surface area (Å²) < 4.78 is 4.56. The maximum absolute atomic E-state index is 5.20. The van der Waals surface area contributed by atoms with Crippen LogP contribution < -0.4 is 0 Å². The maximum Gasteiger partial charge on any atom is 0.238 e. The molecule has 0 N–H and O–H groups in total. The molecule has 0 unspecified atom stereocenters. The zero-order chi connectivity index (χ0) is 33.0. The molecule has 5 heteroatoms. The van der Waals surface area contributed by atoms with Crippen molar-refractivity contribution in [2.45, 2.75) is 12.8 Å². The third-order valence-electron chi connectivity index (χ3n) is 9.87. The quantitative estimate of drug-likeness (QED) is 0.188. The molecule has 0 amide bonds. The minimum Gasteiger partial charge on any atom is -0.309 e. The second kappa shape index (κ2) is 11.5. The molecule has 0 saturated carbocycles. The van der Waals surface area contributed by atoms with E-state index in [1.54, 1.807) is 6.33 Å². The smallest absolute Gasteiger partial charge is 0.238 e. The summed E-state index contributed by atoms with van der Waals surface area (Å²) in [5.74, 6) is 1.23. The second-order valence-corrected chi connectivity index (χ2v) is 12.8. The number of hydrogen-bond donors (Lipinski definition) is 0. The molecule has 50 heavy (non-hydrogen) atoms. The Hall–Kier alpha value is -6.59. The highest BCUT2D eigenvalue weighted by Crippen LogP contribution is 2.39. The van der Waals surface area contributed by atoms with Crippen LogP contribution in [0.2, 0.25) is 0 Å². The number of fused-ring (bicyclic) bond motifs is 6. The second-order valence-electron chi connectivity index (χ2n) is 12.8. The Labute approximate surface area is 289 Å². The normalized spacial score (nSPS) is 13.1. The molecule has 3 aromatic heterocycles. The van der Waals surface area contributed by atoms with Crippen molar-refractivity contribution < 1.29 is 0 Å². The van der Waals surface area contributed by atoms with E-state index in [9.17, 15) is 0 Å². The third-order valence-corrected chi connectivity index (χ3v) is 9.87. The van der Waals surface area contributed by atoms with Crippen LogP contribution in [-0.2, 0) is 0 Å². The van der Waals surface area contributed by atoms with Crippen LogP contribution in [0.4, 0.5) is 0 Å². The Morgan fingerprint density at radius 3 is 1.80 bits per heavy atom. The molecular weight excluding hydrogens is 611 g/mol. The topological polar surface area (TPSA) is 48.5 Å². The maximum atomic E-state index is 5.20. The van der Waals surface area contributed by atoms with Crippen molar-refractivity contribution in [2.24, 2.45) is 0 Å². The fourth-order valence-electron chi connectivity index (χ4n) is 7.58. The largest absolute Gasteiger partial charge is 0.309 e. The molecule has 0 radical (unpaired) electrons. The number of allylic oxidation sites excluding steroid dienone is 4. The van der Waals surface area contributed by atoms with Crippen molar-refractivity contribution in [3.05, 3.63) is 170 Å². The van der Waals surface area contributed by atoms with Gasteiger partial charge in [0.1, 0.15) is 6.33 Å². The number of hydrogen-bond acceptors (Lipinski definition) is 3. The number of benzene rings is 6. The summed E-state index contributed by atoms with van der Waals surface area (Å²) in [6, 6.07) is 49.6. The predicted molar refractivity (Wildman–Crippen MR) is 206 cm³/mol. The van der Waals surface area contributed by atoms with Crippen LogP contribution >= 0.6 is 0 Å². The van der Waals surface area contributed by atoms with Gasteiger partial charge in [0.05, 0.1) is 22.1 Å². The first kappa shape index (κ1) is 28.4. The summed E-state index contributed by atoms with van der Waals surface area (Å²) in [5.41, 5.74) is 11.2. The van der Waals surface area contributed by atoms with E-state index in [1.165, 1.54) is 27.4 Å². The summed E-state index contributed by atoms with van der Waals surface area (Å²) in [4.78, 5) is 14.8. The average Bonchev–Trinajstić information content (AvgIpc) is 3.70. The number of rotatable bonds is 5. The molecule has 3 heterocycles. The highest BCUT2D eigenvalue weighted by Gasteiger charge is 2.20. The van der Waals surface area contributed by atoms with E-state index in [0.717, 1.165) is 62.6 Å². The number of para-hydroxylation sites is 3. The molecule has 9 aromatic rings. The summed E-state index contributed by atoms with van der Waals surface area (Å²) in [7, 11) is 0. The van der Waals surface area contributed by atoms with Gasteiger partial charge in [-0.2, -0.15) is 4.98 Å². The standard InChI is InChI=1S/C45H31N5/c1-4-14-30(15-5-1)32-24-33(31-16-6-2-7-17-31)26-34(25-32)44-46-29-47-45(48-44)50-41-23-13-11-21-37(41)39-27-42-38(28-43(39)50)36-20-10-12-22-40(36)49(42)35-18-8-3-9-19-35/h1,3-6,8-29H,2,7H2. The Kier molecular flexibility index (Phi) is 6.56. The first-order valence-electron chi connectivity index (χ1n) is 17.1. The first-order valence-corrected chi connectivity index (χ1v) is 17.1. The van der Waals surface area contributed by atoms with Gasteiger partial charge in [-0.3, -0.25) is 4.57 Å². The predicted octanol–water partition coefficient (Wildman–Crippen LogP) is 11.1. The van der Waals surface area contributed by atoms with Crippen molar-refractivity contribution in [3.8, 4) is 34.2 Å². The molecule has 0 aliphatic heterocycles. The van der Waals surface area contributed by atoms with Gasteiger partial charge in [-0.15, -0.1) is 0 Å². The van der Waals surface area contributed by atoms with Crippen molar-refractivity contribution in [1.29, 1.82) is 0 Å². The third kappa shape index (κ3) is 4.59. The molecule has 236 valence electrons. The van der Waals surface area contributed by atoms with E-state index in [0.29, 0.717) is 11.8 Å². The van der Waals surface area contributed by atoms with Gasteiger partial charge in [0, 0.05) is 32.8 Å². The van der Waals surface area contributed by atoms with Crippen LogP contribution in [0.1, 0.15) is 18.4 Å². The fourth-order valence-corrected chi connectivity index (χ4v) is 7.58. The van der Waals surface area contributed by atoms with E-state index in [4.69, 9.17) is 15.0 Å². The van der Waals surface area contributed by atoms with Gasteiger partial charge in [-0.25, -0.2) is 9.97 Å². The van der Waals surface area contributed by atoms with Gasteiger partial charge in [-0.05, 0) is 89.7 Å². The minimum atomic E-state index is 0.593. The van der Waals surface area contributed by atoms with E-state index in [-0.39, 0.29) is 0 Å². The van der Waals surface area contributed by atoms with Crippen LogP contribution in [0.5, 0.6) is 0 Å². The van der Waals surface area contributed by atoms with E-state index in [1.807, 2.05) is 0 Å². The molecule has 0 spiro atoms. The van der Waals surface area contributed by atoms with Crippen LogP contribution in [-0.4, -0.2) is 24.1 Å². The highest BCUT2D eigenvalue weighted by atomic mass is 15.2. The molecule has 0 atom stereocenters. The Morgan fingerprint density at radius 1 is 0.460 bits per heavy atom. The van der Waals surface area contributed by atoms with E-state index in [2.05, 4.69) is 167 Å². The van der Waals surface area contributed by atoms with Gasteiger partial charge in [-0.1, -0.05) is 103 Å². The van der Waals surface area contributed by atoms with Crippen molar-refractivity contribution >= 4 is 49.2 Å². The Morgan fingerprint density at radius 2 is 1.08 bits per heavy atom. The molecule has 0 bridgehead atoms. The van der Waals surface area contributed by atoms with Crippen molar-refractivity contribution in [2.75, 3.05) is 0 Å². The SMILES string of the molecule is C1=CC(c2cc(-c3ccccc3)cc(-c3ncnc(-n4c5ccccc5c5cc6c(cc54)c4ccccc4n6-c4ccccc4)n3)c2)=CCC1. The van der Waals surface area contributed by atoms with Gasteiger partial charge >= 0.3 is 0 Å². The average molecular weight is 642 g/mol. The summed E-state index contributed by atoms with van der Waals surface area (Å²) in [6.45, 7) is 0.